The highest BCUT2D eigenvalue weighted by atomic mass is 19.1. The SMILES string of the molecule is O=C(CCNCc1ccc(F)cc1)N1CCN(Cc2ccc3c(c2)OCO3)CC1. The molecule has 2 aromatic carbocycles. The van der Waals surface area contributed by atoms with Gasteiger partial charge in [-0.3, -0.25) is 9.69 Å². The van der Waals surface area contributed by atoms with Gasteiger partial charge in [0.1, 0.15) is 5.82 Å². The van der Waals surface area contributed by atoms with E-state index in [9.17, 15) is 9.18 Å². The standard InChI is InChI=1S/C22H26FN3O3/c23-19-4-1-17(2-5-19)14-24-8-7-22(27)26-11-9-25(10-12-26)15-18-3-6-20-21(13-18)29-16-28-20/h1-6,13,24H,7-12,14-16H2. The molecule has 6 nitrogen and oxygen atoms in total. The summed E-state index contributed by atoms with van der Waals surface area (Å²) in [6.07, 6.45) is 0.476. The molecule has 4 rings (SSSR count). The first-order valence-electron chi connectivity index (χ1n) is 10.0. The number of carbonyl (C=O) groups excluding carboxylic acids is 1. The molecular weight excluding hydrogens is 373 g/mol. The zero-order valence-corrected chi connectivity index (χ0v) is 16.4. The Bertz CT molecular complexity index is 836. The fraction of sp³-hybridized carbons (Fsp3) is 0.409. The van der Waals surface area contributed by atoms with Crippen molar-refractivity contribution in [3.05, 3.63) is 59.4 Å². The lowest BCUT2D eigenvalue weighted by molar-refractivity contribution is -0.132. The predicted octanol–water partition coefficient (Wildman–Crippen LogP) is 2.38. The smallest absolute Gasteiger partial charge is 0.231 e. The van der Waals surface area contributed by atoms with Crippen LogP contribution < -0.4 is 14.8 Å². The fourth-order valence-corrected chi connectivity index (χ4v) is 3.64. The molecule has 1 saturated heterocycles. The number of rotatable bonds is 7. The number of hydrogen-bond donors (Lipinski definition) is 1. The van der Waals surface area contributed by atoms with Crippen LogP contribution in [0.5, 0.6) is 11.5 Å². The minimum absolute atomic E-state index is 0.180. The Morgan fingerprint density at radius 1 is 0.966 bits per heavy atom. The Kier molecular flexibility index (Phi) is 6.27. The Labute approximate surface area is 170 Å². The number of piperazine rings is 1. The minimum atomic E-state index is -0.235. The third kappa shape index (κ3) is 5.25. The molecule has 2 aliphatic rings. The van der Waals surface area contributed by atoms with E-state index in [1.165, 1.54) is 17.7 Å². The second-order valence-corrected chi connectivity index (χ2v) is 7.40. The quantitative estimate of drug-likeness (QED) is 0.725. The molecule has 0 unspecified atom stereocenters. The maximum Gasteiger partial charge on any atom is 0.231 e. The molecule has 0 radical (unpaired) electrons. The Balaban J connectivity index is 1.15. The van der Waals surface area contributed by atoms with E-state index in [2.05, 4.69) is 16.3 Å². The van der Waals surface area contributed by atoms with Gasteiger partial charge in [-0.25, -0.2) is 4.39 Å². The van der Waals surface area contributed by atoms with Crippen molar-refractivity contribution in [3.63, 3.8) is 0 Å². The molecule has 1 amide bonds. The van der Waals surface area contributed by atoms with Crippen molar-refractivity contribution < 1.29 is 18.7 Å². The van der Waals surface area contributed by atoms with E-state index in [-0.39, 0.29) is 11.7 Å². The van der Waals surface area contributed by atoms with Gasteiger partial charge in [-0.1, -0.05) is 18.2 Å². The summed E-state index contributed by atoms with van der Waals surface area (Å²) in [6.45, 7) is 5.62. The highest BCUT2D eigenvalue weighted by Crippen LogP contribution is 2.32. The molecule has 0 bridgehead atoms. The molecule has 29 heavy (non-hydrogen) atoms. The van der Waals surface area contributed by atoms with E-state index in [0.29, 0.717) is 26.3 Å². The number of hydrogen-bond acceptors (Lipinski definition) is 5. The molecule has 1 fully saturated rings. The van der Waals surface area contributed by atoms with Crippen LogP contribution >= 0.6 is 0 Å². The van der Waals surface area contributed by atoms with Crippen LogP contribution in [0, 0.1) is 5.82 Å². The van der Waals surface area contributed by atoms with Gasteiger partial charge in [-0.05, 0) is 35.4 Å². The molecule has 7 heteroatoms. The van der Waals surface area contributed by atoms with E-state index in [4.69, 9.17) is 9.47 Å². The molecule has 154 valence electrons. The summed E-state index contributed by atoms with van der Waals surface area (Å²) in [6, 6.07) is 12.5. The predicted molar refractivity (Wildman–Crippen MR) is 107 cm³/mol. The van der Waals surface area contributed by atoms with Crippen molar-refractivity contribution in [2.75, 3.05) is 39.5 Å². The summed E-state index contributed by atoms with van der Waals surface area (Å²) in [7, 11) is 0. The maximum atomic E-state index is 12.9. The van der Waals surface area contributed by atoms with Crippen LogP contribution in [-0.4, -0.2) is 55.2 Å². The second kappa shape index (κ2) is 9.24. The lowest BCUT2D eigenvalue weighted by Gasteiger charge is -2.34. The second-order valence-electron chi connectivity index (χ2n) is 7.40. The van der Waals surface area contributed by atoms with Gasteiger partial charge in [0.05, 0.1) is 0 Å². The molecule has 1 N–H and O–H groups in total. The van der Waals surface area contributed by atoms with E-state index in [0.717, 1.165) is 49.8 Å². The van der Waals surface area contributed by atoms with Crippen LogP contribution in [0.4, 0.5) is 4.39 Å². The van der Waals surface area contributed by atoms with Crippen LogP contribution in [0.2, 0.25) is 0 Å². The van der Waals surface area contributed by atoms with Gasteiger partial charge in [0.15, 0.2) is 11.5 Å². The maximum absolute atomic E-state index is 12.9. The first-order chi connectivity index (χ1) is 14.2. The monoisotopic (exact) mass is 399 g/mol. The van der Waals surface area contributed by atoms with E-state index >= 15 is 0 Å². The van der Waals surface area contributed by atoms with Gasteiger partial charge < -0.3 is 19.7 Å². The van der Waals surface area contributed by atoms with Crippen molar-refractivity contribution >= 4 is 5.91 Å². The average Bonchev–Trinajstić information content (AvgIpc) is 3.21. The van der Waals surface area contributed by atoms with Crippen LogP contribution in [-0.2, 0) is 17.9 Å². The normalized spacial score (nSPS) is 16.2. The van der Waals surface area contributed by atoms with Crippen LogP contribution in [0.1, 0.15) is 17.5 Å². The van der Waals surface area contributed by atoms with Gasteiger partial charge >= 0.3 is 0 Å². The summed E-state index contributed by atoms with van der Waals surface area (Å²) in [5.41, 5.74) is 2.20. The number of fused-ring (bicyclic) bond motifs is 1. The van der Waals surface area contributed by atoms with E-state index < -0.39 is 0 Å². The number of ether oxygens (including phenoxy) is 2. The van der Waals surface area contributed by atoms with Crippen molar-refractivity contribution in [2.24, 2.45) is 0 Å². The third-order valence-electron chi connectivity index (χ3n) is 5.33. The molecule has 0 aromatic heterocycles. The molecule has 2 aromatic rings. The first kappa shape index (κ1) is 19.7. The van der Waals surface area contributed by atoms with Crippen LogP contribution in [0.15, 0.2) is 42.5 Å². The van der Waals surface area contributed by atoms with Gasteiger partial charge in [-0.2, -0.15) is 0 Å². The number of amides is 1. The van der Waals surface area contributed by atoms with E-state index in [1.54, 1.807) is 12.1 Å². The Hall–Kier alpha value is -2.64. The topological polar surface area (TPSA) is 54.0 Å². The molecule has 0 saturated carbocycles. The summed E-state index contributed by atoms with van der Waals surface area (Å²) in [4.78, 5) is 16.7. The van der Waals surface area contributed by atoms with Gasteiger partial charge in [0, 0.05) is 52.2 Å². The van der Waals surface area contributed by atoms with Gasteiger partial charge in [-0.15, -0.1) is 0 Å². The highest BCUT2D eigenvalue weighted by Gasteiger charge is 2.21. The van der Waals surface area contributed by atoms with Gasteiger partial charge in [0.2, 0.25) is 12.7 Å². The minimum Gasteiger partial charge on any atom is -0.454 e. The Morgan fingerprint density at radius 2 is 1.69 bits per heavy atom. The zero-order chi connectivity index (χ0) is 20.1. The first-order valence-corrected chi connectivity index (χ1v) is 10.0. The molecule has 0 spiro atoms. The van der Waals surface area contributed by atoms with Gasteiger partial charge in [0.25, 0.3) is 0 Å². The van der Waals surface area contributed by atoms with E-state index in [1.807, 2.05) is 17.0 Å². The molecule has 0 atom stereocenters. The third-order valence-corrected chi connectivity index (χ3v) is 5.33. The fourth-order valence-electron chi connectivity index (χ4n) is 3.64. The molecular formula is C22H26FN3O3. The summed E-state index contributed by atoms with van der Waals surface area (Å²) in [5, 5.41) is 3.25. The summed E-state index contributed by atoms with van der Waals surface area (Å²) in [5.74, 6) is 1.56. The molecule has 0 aliphatic carbocycles. The van der Waals surface area contributed by atoms with Crippen molar-refractivity contribution in [2.45, 2.75) is 19.5 Å². The number of nitrogens with zero attached hydrogens (tertiary/aromatic N) is 2. The average molecular weight is 399 g/mol. The zero-order valence-electron chi connectivity index (χ0n) is 16.4. The lowest BCUT2D eigenvalue weighted by Crippen LogP contribution is -2.48. The van der Waals surface area contributed by atoms with Crippen LogP contribution in [0.3, 0.4) is 0 Å². The number of benzene rings is 2. The number of nitrogens with one attached hydrogen (secondary N) is 1. The van der Waals surface area contributed by atoms with Crippen molar-refractivity contribution in [3.8, 4) is 11.5 Å². The largest absolute Gasteiger partial charge is 0.454 e. The Morgan fingerprint density at radius 3 is 2.48 bits per heavy atom. The number of halogens is 1. The van der Waals surface area contributed by atoms with Crippen LogP contribution in [0.25, 0.3) is 0 Å². The summed E-state index contributed by atoms with van der Waals surface area (Å²) < 4.78 is 23.7. The lowest BCUT2D eigenvalue weighted by atomic mass is 10.1. The molecule has 2 aliphatic heterocycles. The number of carbonyl (C=O) groups is 1. The summed E-state index contributed by atoms with van der Waals surface area (Å²) >= 11 is 0. The highest BCUT2D eigenvalue weighted by molar-refractivity contribution is 5.76. The molecule has 2 heterocycles. The van der Waals surface area contributed by atoms with Crippen molar-refractivity contribution in [1.82, 2.24) is 15.1 Å². The van der Waals surface area contributed by atoms with Crippen molar-refractivity contribution in [1.29, 1.82) is 0 Å².